The molecule has 1 saturated heterocycles. The Balaban J connectivity index is 1.60. The molecule has 0 atom stereocenters. The molecule has 3 heterocycles. The number of carbonyl (C=O) groups excluding carboxylic acids is 3. The van der Waals surface area contributed by atoms with E-state index in [1.807, 2.05) is 24.5 Å². The highest BCUT2D eigenvalue weighted by Crippen LogP contribution is 2.35. The van der Waals surface area contributed by atoms with Crippen LogP contribution in [-0.4, -0.2) is 38.6 Å². The number of aryl methyl sites for hydroxylation is 1. The number of aromatic nitrogens is 1. The van der Waals surface area contributed by atoms with Gasteiger partial charge in [0.25, 0.3) is 16.8 Å². The van der Waals surface area contributed by atoms with Crippen molar-refractivity contribution in [2.24, 2.45) is 0 Å². The van der Waals surface area contributed by atoms with Gasteiger partial charge < -0.3 is 13.7 Å². The molecule has 0 unspecified atom stereocenters. The zero-order chi connectivity index (χ0) is 24.6. The third kappa shape index (κ3) is 4.25. The van der Waals surface area contributed by atoms with Gasteiger partial charge >= 0.3 is 5.97 Å². The maximum Gasteiger partial charge on any atom is 0.373 e. The number of hydrogen-bond donors (Lipinski definition) is 0. The van der Waals surface area contributed by atoms with Crippen molar-refractivity contribution >= 4 is 40.6 Å². The molecule has 4 rings (SSSR count). The Kier molecular flexibility index (Phi) is 6.12. The summed E-state index contributed by atoms with van der Waals surface area (Å²) >= 11 is 0.806. The maximum atomic E-state index is 12.9. The van der Waals surface area contributed by atoms with Gasteiger partial charge in [-0.15, -0.1) is 0 Å². The molecule has 0 radical (unpaired) electrons. The first kappa shape index (κ1) is 23.1. The van der Waals surface area contributed by atoms with E-state index in [1.165, 1.54) is 31.4 Å². The lowest BCUT2D eigenvalue weighted by atomic mass is 10.2. The third-order valence-corrected chi connectivity index (χ3v) is 6.20. The van der Waals surface area contributed by atoms with Crippen LogP contribution in [0, 0.1) is 24.0 Å². The van der Waals surface area contributed by atoms with Crippen LogP contribution in [0.1, 0.15) is 33.3 Å². The first-order chi connectivity index (χ1) is 16.2. The molecule has 1 aliphatic heterocycles. The van der Waals surface area contributed by atoms with Crippen LogP contribution in [0.2, 0.25) is 0 Å². The van der Waals surface area contributed by atoms with Gasteiger partial charge in [0.05, 0.1) is 29.2 Å². The Morgan fingerprint density at radius 1 is 1.21 bits per heavy atom. The smallest absolute Gasteiger partial charge is 0.373 e. The molecule has 1 aromatic carbocycles. The van der Waals surface area contributed by atoms with Crippen molar-refractivity contribution in [1.29, 1.82) is 0 Å². The van der Waals surface area contributed by atoms with E-state index in [2.05, 4.69) is 4.74 Å². The Hall–Kier alpha value is -4.12. The van der Waals surface area contributed by atoms with Crippen molar-refractivity contribution in [3.8, 4) is 5.69 Å². The molecule has 0 aliphatic carbocycles. The molecule has 1 fully saturated rings. The molecule has 34 heavy (non-hydrogen) atoms. The first-order valence-electron chi connectivity index (χ1n) is 10.1. The quantitative estimate of drug-likeness (QED) is 0.216. The van der Waals surface area contributed by atoms with Crippen molar-refractivity contribution < 1.29 is 28.5 Å². The van der Waals surface area contributed by atoms with Crippen molar-refractivity contribution in [1.82, 2.24) is 9.47 Å². The number of ether oxygens (including phenoxy) is 1. The number of benzene rings is 1. The SMILES string of the molecule is COC(=O)c1ccc(CN2C(=O)S/C(=C/c3cc(C)n(-c4cccc([N+](=O)[O-])c4)c3C)C2=O)o1. The van der Waals surface area contributed by atoms with Crippen LogP contribution >= 0.6 is 11.8 Å². The maximum absolute atomic E-state index is 12.9. The third-order valence-electron chi connectivity index (χ3n) is 5.29. The largest absolute Gasteiger partial charge is 0.463 e. The number of methoxy groups -OCH3 is 1. The molecule has 10 nitrogen and oxygen atoms in total. The number of furan rings is 1. The minimum atomic E-state index is -0.653. The summed E-state index contributed by atoms with van der Waals surface area (Å²) in [6.45, 7) is 3.56. The van der Waals surface area contributed by atoms with E-state index in [-0.39, 0.29) is 28.7 Å². The number of amides is 2. The lowest BCUT2D eigenvalue weighted by molar-refractivity contribution is -0.384. The fraction of sp³-hybridized carbons (Fsp3) is 0.174. The second-order valence-electron chi connectivity index (χ2n) is 7.46. The predicted octanol–water partition coefficient (Wildman–Crippen LogP) is 4.62. The molecule has 1 aliphatic rings. The highest BCUT2D eigenvalue weighted by Gasteiger charge is 2.36. The fourth-order valence-corrected chi connectivity index (χ4v) is 4.51. The molecular formula is C23H19N3O7S. The van der Waals surface area contributed by atoms with E-state index >= 15 is 0 Å². The summed E-state index contributed by atoms with van der Waals surface area (Å²) in [5, 5.41) is 10.7. The second-order valence-corrected chi connectivity index (χ2v) is 8.46. The molecule has 2 amide bonds. The normalized spacial score (nSPS) is 14.8. The predicted molar refractivity (Wildman–Crippen MR) is 123 cm³/mol. The van der Waals surface area contributed by atoms with Crippen LogP contribution in [0.15, 0.2) is 51.8 Å². The number of non-ortho nitro benzene ring substituents is 1. The van der Waals surface area contributed by atoms with Crippen LogP contribution < -0.4 is 0 Å². The van der Waals surface area contributed by atoms with Crippen LogP contribution in [0.5, 0.6) is 0 Å². The Morgan fingerprint density at radius 2 is 1.97 bits per heavy atom. The van der Waals surface area contributed by atoms with Crippen LogP contribution in [0.4, 0.5) is 10.5 Å². The van der Waals surface area contributed by atoms with E-state index in [0.29, 0.717) is 11.3 Å². The van der Waals surface area contributed by atoms with Crippen LogP contribution in [0.25, 0.3) is 11.8 Å². The number of nitro benzene ring substituents is 1. The highest BCUT2D eigenvalue weighted by atomic mass is 32.2. The van der Waals surface area contributed by atoms with Crippen molar-refractivity contribution in [3.05, 3.63) is 86.0 Å². The minimum absolute atomic E-state index is 0.0198. The highest BCUT2D eigenvalue weighted by molar-refractivity contribution is 8.18. The lowest BCUT2D eigenvalue weighted by Gasteiger charge is -2.10. The number of thioether (sulfide) groups is 1. The topological polar surface area (TPSA) is 125 Å². The summed E-state index contributed by atoms with van der Waals surface area (Å²) < 4.78 is 11.8. The van der Waals surface area contributed by atoms with Crippen molar-refractivity contribution in [2.75, 3.05) is 7.11 Å². The Labute approximate surface area is 197 Å². The summed E-state index contributed by atoms with van der Waals surface area (Å²) in [6, 6.07) is 11.0. The molecule has 0 bridgehead atoms. The van der Waals surface area contributed by atoms with Crippen molar-refractivity contribution in [3.63, 3.8) is 0 Å². The first-order valence-corrected chi connectivity index (χ1v) is 10.9. The number of nitrogens with zero attached hydrogens (tertiary/aromatic N) is 3. The van der Waals surface area contributed by atoms with Gasteiger partial charge in [-0.3, -0.25) is 24.6 Å². The van der Waals surface area contributed by atoms with Crippen LogP contribution in [-0.2, 0) is 16.1 Å². The van der Waals surface area contributed by atoms with E-state index in [9.17, 15) is 24.5 Å². The molecular weight excluding hydrogens is 462 g/mol. The lowest BCUT2D eigenvalue weighted by Crippen LogP contribution is -2.27. The monoisotopic (exact) mass is 481 g/mol. The van der Waals surface area contributed by atoms with E-state index < -0.39 is 22.0 Å². The van der Waals surface area contributed by atoms with E-state index in [0.717, 1.165) is 28.0 Å². The van der Waals surface area contributed by atoms with Crippen LogP contribution in [0.3, 0.4) is 0 Å². The number of hydrogen-bond acceptors (Lipinski definition) is 8. The summed E-state index contributed by atoms with van der Waals surface area (Å²) in [4.78, 5) is 48.9. The molecule has 2 aromatic heterocycles. The van der Waals surface area contributed by atoms with E-state index in [1.54, 1.807) is 18.2 Å². The minimum Gasteiger partial charge on any atom is -0.463 e. The average Bonchev–Trinajstić information content (AvgIpc) is 3.46. The Morgan fingerprint density at radius 3 is 2.68 bits per heavy atom. The number of nitro groups is 1. The van der Waals surface area contributed by atoms with E-state index in [4.69, 9.17) is 4.42 Å². The van der Waals surface area contributed by atoms with Gasteiger partial charge in [-0.1, -0.05) is 6.07 Å². The van der Waals surface area contributed by atoms with Gasteiger partial charge in [-0.25, -0.2) is 4.79 Å². The summed E-state index contributed by atoms with van der Waals surface area (Å²) in [6.07, 6.45) is 1.63. The van der Waals surface area contributed by atoms with Gasteiger partial charge in [-0.05, 0) is 61.5 Å². The summed E-state index contributed by atoms with van der Waals surface area (Å²) in [5.41, 5.74) is 2.88. The molecule has 0 N–H and O–H groups in total. The number of rotatable bonds is 6. The molecule has 3 aromatic rings. The Bertz CT molecular complexity index is 1370. The molecule has 0 saturated carbocycles. The summed E-state index contributed by atoms with van der Waals surface area (Å²) in [7, 11) is 1.22. The average molecular weight is 481 g/mol. The summed E-state index contributed by atoms with van der Waals surface area (Å²) in [5.74, 6) is -0.882. The second kappa shape index (κ2) is 9.02. The van der Waals surface area contributed by atoms with Gasteiger partial charge in [-0.2, -0.15) is 0 Å². The number of imide groups is 1. The molecule has 174 valence electrons. The standard InChI is InChI=1S/C23H19N3O7S/c1-13-9-15(14(2)25(13)16-5-4-6-17(11-16)26(30)31)10-20-21(27)24(23(29)34-20)12-18-7-8-19(33-18)22(28)32-3/h4-11H,12H2,1-3H3/b20-10+. The molecule has 0 spiro atoms. The van der Waals surface area contributed by atoms with Gasteiger partial charge in [0.15, 0.2) is 0 Å². The van der Waals surface area contributed by atoms with Gasteiger partial charge in [0.1, 0.15) is 5.76 Å². The van der Waals surface area contributed by atoms with Gasteiger partial charge in [0, 0.05) is 23.5 Å². The fourth-order valence-electron chi connectivity index (χ4n) is 3.68. The zero-order valence-corrected chi connectivity index (χ0v) is 19.3. The van der Waals surface area contributed by atoms with Crippen molar-refractivity contribution in [2.45, 2.75) is 20.4 Å². The number of carbonyl (C=O) groups is 3. The molecule has 11 heteroatoms. The van der Waals surface area contributed by atoms with Gasteiger partial charge in [0.2, 0.25) is 5.76 Å². The zero-order valence-electron chi connectivity index (χ0n) is 18.4. The number of esters is 1.